The molecule has 1 aromatic carbocycles. The van der Waals surface area contributed by atoms with E-state index in [4.69, 9.17) is 16.3 Å². The van der Waals surface area contributed by atoms with Gasteiger partial charge in [-0.1, -0.05) is 23.9 Å². The summed E-state index contributed by atoms with van der Waals surface area (Å²) in [5, 5.41) is 0.847. The van der Waals surface area contributed by atoms with Crippen molar-refractivity contribution in [2.75, 3.05) is 31.2 Å². The van der Waals surface area contributed by atoms with Gasteiger partial charge in [0.2, 0.25) is 5.28 Å². The fourth-order valence-corrected chi connectivity index (χ4v) is 3.81. The molecule has 1 saturated heterocycles. The zero-order valence-corrected chi connectivity index (χ0v) is 15.3. The van der Waals surface area contributed by atoms with Crippen LogP contribution in [0.1, 0.15) is 5.56 Å². The quantitative estimate of drug-likeness (QED) is 0.384. The van der Waals surface area contributed by atoms with Gasteiger partial charge >= 0.3 is 0 Å². The Morgan fingerprint density at radius 3 is 2.81 bits per heavy atom. The van der Waals surface area contributed by atoms with Crippen LogP contribution in [0.2, 0.25) is 5.28 Å². The molecule has 6 nitrogen and oxygen atoms in total. The molecule has 0 aliphatic carbocycles. The smallest absolute Gasteiger partial charge is 0.225 e. The molecule has 0 bridgehead atoms. The van der Waals surface area contributed by atoms with Gasteiger partial charge in [-0.3, -0.25) is 0 Å². The second kappa shape index (κ2) is 7.69. The number of fused-ring (bicyclic) bond motifs is 1. The van der Waals surface area contributed by atoms with Crippen LogP contribution in [-0.4, -0.2) is 46.2 Å². The molecule has 26 heavy (non-hydrogen) atoms. The number of ether oxygens (including phenoxy) is 1. The van der Waals surface area contributed by atoms with Crippen molar-refractivity contribution in [3.63, 3.8) is 0 Å². The molecule has 0 saturated carbocycles. The number of hydrogen-bond donors (Lipinski definition) is 0. The van der Waals surface area contributed by atoms with Gasteiger partial charge < -0.3 is 9.64 Å². The average molecular weight is 392 g/mol. The lowest BCUT2D eigenvalue weighted by Crippen LogP contribution is -2.37. The molecule has 0 N–H and O–H groups in total. The molecule has 4 rings (SSSR count). The van der Waals surface area contributed by atoms with E-state index in [1.54, 1.807) is 6.07 Å². The molecule has 0 radical (unpaired) electrons. The zero-order chi connectivity index (χ0) is 17.9. The molecule has 134 valence electrons. The summed E-state index contributed by atoms with van der Waals surface area (Å²) in [5.74, 6) is 1.01. The Morgan fingerprint density at radius 2 is 2.00 bits per heavy atom. The minimum absolute atomic E-state index is 0.154. The first-order chi connectivity index (χ1) is 12.7. The SMILES string of the molecule is Fc1cccc(CSc2ncnc3c(N4CCOCC4)nc(Cl)nc23)c1. The van der Waals surface area contributed by atoms with E-state index in [1.807, 2.05) is 6.07 Å². The van der Waals surface area contributed by atoms with Crippen molar-refractivity contribution >= 4 is 40.2 Å². The fraction of sp³-hybridized carbons (Fsp3) is 0.294. The number of nitrogens with zero attached hydrogens (tertiary/aromatic N) is 5. The molecular weight excluding hydrogens is 377 g/mol. The third kappa shape index (κ3) is 3.72. The number of benzene rings is 1. The molecule has 0 unspecified atom stereocenters. The van der Waals surface area contributed by atoms with Crippen molar-refractivity contribution in [1.29, 1.82) is 0 Å². The predicted octanol–water partition coefficient (Wildman–Crippen LogP) is 3.34. The van der Waals surface area contributed by atoms with E-state index in [2.05, 4.69) is 24.8 Å². The van der Waals surface area contributed by atoms with Crippen molar-refractivity contribution < 1.29 is 9.13 Å². The molecule has 1 fully saturated rings. The molecule has 1 aliphatic rings. The summed E-state index contributed by atoms with van der Waals surface area (Å²) < 4.78 is 18.8. The zero-order valence-electron chi connectivity index (χ0n) is 13.7. The van der Waals surface area contributed by atoms with Crippen molar-refractivity contribution in [2.45, 2.75) is 10.8 Å². The van der Waals surface area contributed by atoms with E-state index < -0.39 is 0 Å². The third-order valence-electron chi connectivity index (χ3n) is 3.98. The fourth-order valence-electron chi connectivity index (χ4n) is 2.76. The summed E-state index contributed by atoms with van der Waals surface area (Å²) in [6.07, 6.45) is 1.50. The van der Waals surface area contributed by atoms with E-state index in [-0.39, 0.29) is 11.1 Å². The van der Waals surface area contributed by atoms with Gasteiger partial charge in [-0.05, 0) is 29.3 Å². The minimum Gasteiger partial charge on any atom is -0.378 e. The Hall–Kier alpha value is -2.03. The standard InChI is InChI=1S/C17H15ClFN5OS/c18-17-22-14-13(15(23-17)24-4-6-25-7-5-24)20-10-21-16(14)26-9-11-2-1-3-12(19)8-11/h1-3,8,10H,4-7,9H2. The maximum Gasteiger partial charge on any atom is 0.225 e. The Kier molecular flexibility index (Phi) is 5.14. The van der Waals surface area contributed by atoms with Gasteiger partial charge in [-0.2, -0.15) is 4.98 Å². The predicted molar refractivity (Wildman–Crippen MR) is 99.1 cm³/mol. The first kappa shape index (κ1) is 17.4. The molecule has 2 aromatic heterocycles. The molecule has 3 aromatic rings. The summed E-state index contributed by atoms with van der Waals surface area (Å²) in [6.45, 7) is 2.71. The van der Waals surface area contributed by atoms with E-state index in [0.29, 0.717) is 40.8 Å². The van der Waals surface area contributed by atoms with Crippen LogP contribution < -0.4 is 4.90 Å². The maximum atomic E-state index is 13.4. The van der Waals surface area contributed by atoms with Gasteiger partial charge in [0.25, 0.3) is 0 Å². The van der Waals surface area contributed by atoms with Crippen molar-refractivity contribution in [3.05, 3.63) is 47.3 Å². The number of hydrogen-bond acceptors (Lipinski definition) is 7. The normalized spacial score (nSPS) is 14.8. The van der Waals surface area contributed by atoms with Crippen molar-refractivity contribution in [2.24, 2.45) is 0 Å². The lowest BCUT2D eigenvalue weighted by atomic mass is 10.2. The first-order valence-electron chi connectivity index (χ1n) is 8.09. The van der Waals surface area contributed by atoms with Gasteiger partial charge in [0.1, 0.15) is 28.2 Å². The molecule has 9 heteroatoms. The van der Waals surface area contributed by atoms with E-state index in [0.717, 1.165) is 18.7 Å². The molecule has 3 heterocycles. The molecule has 1 aliphatic heterocycles. The molecule has 0 amide bonds. The highest BCUT2D eigenvalue weighted by atomic mass is 35.5. The summed E-state index contributed by atoms with van der Waals surface area (Å²) in [6, 6.07) is 6.51. The number of morpholine rings is 1. The Balaban J connectivity index is 1.68. The molecular formula is C17H15ClFN5OS. The highest BCUT2D eigenvalue weighted by Gasteiger charge is 2.20. The second-order valence-electron chi connectivity index (χ2n) is 5.71. The average Bonchev–Trinajstić information content (AvgIpc) is 2.66. The molecule has 0 atom stereocenters. The van der Waals surface area contributed by atoms with Crippen LogP contribution in [0.15, 0.2) is 35.6 Å². The minimum atomic E-state index is -0.254. The van der Waals surface area contributed by atoms with Gasteiger partial charge in [0, 0.05) is 18.8 Å². The summed E-state index contributed by atoms with van der Waals surface area (Å²) >= 11 is 7.62. The third-order valence-corrected chi connectivity index (χ3v) is 5.20. The number of rotatable bonds is 4. The highest BCUT2D eigenvalue weighted by Crippen LogP contribution is 2.31. The first-order valence-corrected chi connectivity index (χ1v) is 9.45. The van der Waals surface area contributed by atoms with Crippen molar-refractivity contribution in [1.82, 2.24) is 19.9 Å². The van der Waals surface area contributed by atoms with Crippen LogP contribution in [0.4, 0.5) is 10.2 Å². The van der Waals surface area contributed by atoms with Crippen LogP contribution in [0.5, 0.6) is 0 Å². The van der Waals surface area contributed by atoms with Crippen LogP contribution in [0.3, 0.4) is 0 Å². The second-order valence-corrected chi connectivity index (χ2v) is 7.01. The van der Waals surface area contributed by atoms with Gasteiger partial charge in [0.05, 0.1) is 13.2 Å². The maximum absolute atomic E-state index is 13.4. The lowest BCUT2D eigenvalue weighted by Gasteiger charge is -2.28. The number of anilines is 1. The summed E-state index contributed by atoms with van der Waals surface area (Å²) in [5.41, 5.74) is 2.14. The van der Waals surface area contributed by atoms with E-state index >= 15 is 0 Å². The molecule has 0 spiro atoms. The number of halogens is 2. The Morgan fingerprint density at radius 1 is 1.15 bits per heavy atom. The van der Waals surface area contributed by atoms with Crippen molar-refractivity contribution in [3.8, 4) is 0 Å². The van der Waals surface area contributed by atoms with Crippen LogP contribution in [0, 0.1) is 5.82 Å². The summed E-state index contributed by atoms with van der Waals surface area (Å²) in [4.78, 5) is 19.5. The summed E-state index contributed by atoms with van der Waals surface area (Å²) in [7, 11) is 0. The van der Waals surface area contributed by atoms with E-state index in [1.165, 1.54) is 30.2 Å². The van der Waals surface area contributed by atoms with Crippen LogP contribution in [-0.2, 0) is 10.5 Å². The largest absolute Gasteiger partial charge is 0.378 e. The Bertz CT molecular complexity index is 938. The van der Waals surface area contributed by atoms with E-state index in [9.17, 15) is 4.39 Å². The van der Waals surface area contributed by atoms with Gasteiger partial charge in [-0.25, -0.2) is 19.3 Å². The lowest BCUT2D eigenvalue weighted by molar-refractivity contribution is 0.122. The van der Waals surface area contributed by atoms with Gasteiger partial charge in [-0.15, -0.1) is 0 Å². The van der Waals surface area contributed by atoms with Crippen LogP contribution in [0.25, 0.3) is 11.0 Å². The van der Waals surface area contributed by atoms with Crippen LogP contribution >= 0.6 is 23.4 Å². The number of thioether (sulfide) groups is 1. The topological polar surface area (TPSA) is 64.0 Å². The highest BCUT2D eigenvalue weighted by molar-refractivity contribution is 7.98. The monoisotopic (exact) mass is 391 g/mol. The van der Waals surface area contributed by atoms with Gasteiger partial charge in [0.15, 0.2) is 5.82 Å². The Labute approximate surface area is 158 Å². The number of aromatic nitrogens is 4.